The molecule has 1 heterocycles. The van der Waals surface area contributed by atoms with Crippen LogP contribution >= 0.6 is 0 Å². The van der Waals surface area contributed by atoms with Gasteiger partial charge in [-0.25, -0.2) is 0 Å². The van der Waals surface area contributed by atoms with Crippen LogP contribution in [0.15, 0.2) is 42.7 Å². The number of carbonyl (C=O) groups excluding carboxylic acids is 2. The first-order chi connectivity index (χ1) is 10.0. The minimum absolute atomic E-state index is 0.00125. The summed E-state index contributed by atoms with van der Waals surface area (Å²) in [6, 6.07) is 8.82. The lowest BCUT2D eigenvalue weighted by Crippen LogP contribution is -2.17. The number of nitrogens with one attached hydrogen (secondary N) is 2. The molecular formula is C15H18N4O2. The predicted octanol–water partition coefficient (Wildman–Crippen LogP) is 2.43. The normalized spacial score (nSPS) is 11.7. The second-order valence-electron chi connectivity index (χ2n) is 4.85. The Balaban J connectivity index is 1.89. The van der Waals surface area contributed by atoms with Crippen molar-refractivity contribution in [1.82, 2.24) is 9.78 Å². The van der Waals surface area contributed by atoms with Crippen LogP contribution in [0.2, 0.25) is 0 Å². The molecule has 0 unspecified atom stereocenters. The highest BCUT2D eigenvalue weighted by Gasteiger charge is 2.11. The van der Waals surface area contributed by atoms with Gasteiger partial charge in [0.1, 0.15) is 0 Å². The number of amides is 2. The molecule has 0 fully saturated rings. The molecule has 0 bridgehead atoms. The number of hydrogen-bond acceptors (Lipinski definition) is 3. The van der Waals surface area contributed by atoms with Crippen LogP contribution in [0.5, 0.6) is 0 Å². The second-order valence-corrected chi connectivity index (χ2v) is 4.85. The maximum atomic E-state index is 12.0. The van der Waals surface area contributed by atoms with Crippen molar-refractivity contribution in [3.05, 3.63) is 42.7 Å². The summed E-state index contributed by atoms with van der Waals surface area (Å²) >= 11 is 0. The predicted molar refractivity (Wildman–Crippen MR) is 80.9 cm³/mol. The van der Waals surface area contributed by atoms with E-state index in [4.69, 9.17) is 0 Å². The summed E-state index contributed by atoms with van der Waals surface area (Å²) in [5, 5.41) is 9.61. The molecule has 0 aliphatic heterocycles. The number of nitrogens with zero attached hydrogens (tertiary/aromatic N) is 2. The van der Waals surface area contributed by atoms with E-state index in [-0.39, 0.29) is 17.9 Å². The van der Waals surface area contributed by atoms with E-state index in [1.807, 2.05) is 19.2 Å². The molecule has 6 heteroatoms. The van der Waals surface area contributed by atoms with Crippen molar-refractivity contribution in [2.45, 2.75) is 26.3 Å². The fraction of sp³-hybridized carbons (Fsp3) is 0.267. The number of hydrogen-bond donors (Lipinski definition) is 2. The van der Waals surface area contributed by atoms with E-state index in [1.165, 1.54) is 6.92 Å². The van der Waals surface area contributed by atoms with Crippen LogP contribution in [-0.4, -0.2) is 21.6 Å². The number of anilines is 2. The van der Waals surface area contributed by atoms with E-state index in [0.717, 1.165) is 0 Å². The maximum Gasteiger partial charge on any atom is 0.226 e. The zero-order valence-corrected chi connectivity index (χ0v) is 12.0. The number of carbonyl (C=O) groups is 2. The summed E-state index contributed by atoms with van der Waals surface area (Å²) in [6.45, 7) is 3.39. The Morgan fingerprint density at radius 1 is 1.19 bits per heavy atom. The highest BCUT2D eigenvalue weighted by molar-refractivity contribution is 5.92. The van der Waals surface area contributed by atoms with Crippen molar-refractivity contribution in [2.75, 3.05) is 10.6 Å². The zero-order chi connectivity index (χ0) is 15.2. The molecule has 110 valence electrons. The van der Waals surface area contributed by atoms with E-state index in [0.29, 0.717) is 17.8 Å². The van der Waals surface area contributed by atoms with Gasteiger partial charge in [0.2, 0.25) is 11.8 Å². The molecule has 0 saturated carbocycles. The monoisotopic (exact) mass is 286 g/mol. The Hall–Kier alpha value is -2.63. The van der Waals surface area contributed by atoms with E-state index in [9.17, 15) is 9.59 Å². The van der Waals surface area contributed by atoms with Crippen molar-refractivity contribution in [2.24, 2.45) is 0 Å². The second kappa shape index (κ2) is 6.69. The Bertz CT molecular complexity index is 605. The Labute approximate surface area is 123 Å². The Kier molecular flexibility index (Phi) is 4.71. The van der Waals surface area contributed by atoms with Gasteiger partial charge in [-0.15, -0.1) is 0 Å². The lowest BCUT2D eigenvalue weighted by Gasteiger charge is -2.12. The fourth-order valence-electron chi connectivity index (χ4n) is 1.96. The lowest BCUT2D eigenvalue weighted by molar-refractivity contribution is -0.117. The third kappa shape index (κ3) is 4.45. The molecule has 2 N–H and O–H groups in total. The minimum atomic E-state index is -0.125. The summed E-state index contributed by atoms with van der Waals surface area (Å²) in [7, 11) is 0. The summed E-state index contributed by atoms with van der Waals surface area (Å²) in [5.74, 6) is -0.204. The van der Waals surface area contributed by atoms with Gasteiger partial charge in [-0.05, 0) is 37.3 Å². The Morgan fingerprint density at radius 2 is 1.81 bits per heavy atom. The van der Waals surface area contributed by atoms with Crippen LogP contribution in [0.1, 0.15) is 26.3 Å². The molecule has 6 nitrogen and oxygen atoms in total. The van der Waals surface area contributed by atoms with Crippen molar-refractivity contribution in [3.8, 4) is 0 Å². The van der Waals surface area contributed by atoms with E-state index in [1.54, 1.807) is 35.1 Å². The fourth-order valence-corrected chi connectivity index (χ4v) is 1.96. The minimum Gasteiger partial charge on any atom is -0.326 e. The SMILES string of the molecule is CC(=O)Nc1ccc(NC(=O)C[C@H](C)n2cccn2)cc1. The standard InChI is InChI=1S/C15H18N4O2/c1-11(19-9-3-8-16-19)10-15(21)18-14-6-4-13(5-7-14)17-12(2)20/h3-9,11H,10H2,1-2H3,(H,17,20)(H,18,21)/t11-/m0/s1. The molecule has 1 aromatic heterocycles. The van der Waals surface area contributed by atoms with Gasteiger partial charge in [-0.2, -0.15) is 5.10 Å². The smallest absolute Gasteiger partial charge is 0.226 e. The first-order valence-corrected chi connectivity index (χ1v) is 6.71. The molecule has 2 rings (SSSR count). The van der Waals surface area contributed by atoms with E-state index < -0.39 is 0 Å². The first-order valence-electron chi connectivity index (χ1n) is 6.71. The molecule has 0 radical (unpaired) electrons. The maximum absolute atomic E-state index is 12.0. The lowest BCUT2D eigenvalue weighted by atomic mass is 10.2. The van der Waals surface area contributed by atoms with E-state index in [2.05, 4.69) is 15.7 Å². The van der Waals surface area contributed by atoms with Crippen molar-refractivity contribution in [3.63, 3.8) is 0 Å². The molecular weight excluding hydrogens is 268 g/mol. The van der Waals surface area contributed by atoms with Crippen molar-refractivity contribution < 1.29 is 9.59 Å². The zero-order valence-electron chi connectivity index (χ0n) is 12.0. The van der Waals surface area contributed by atoms with Gasteiger partial charge in [0, 0.05) is 37.1 Å². The molecule has 1 atom stereocenters. The third-order valence-corrected chi connectivity index (χ3v) is 2.95. The molecule has 2 aromatic rings. The van der Waals surface area contributed by atoms with Crippen LogP contribution < -0.4 is 10.6 Å². The average molecular weight is 286 g/mol. The topological polar surface area (TPSA) is 76.0 Å². The summed E-state index contributed by atoms with van der Waals surface area (Å²) in [6.07, 6.45) is 3.87. The van der Waals surface area contributed by atoms with Gasteiger partial charge in [0.15, 0.2) is 0 Å². The highest BCUT2D eigenvalue weighted by atomic mass is 16.2. The van der Waals surface area contributed by atoms with E-state index >= 15 is 0 Å². The van der Waals surface area contributed by atoms with Crippen LogP contribution in [-0.2, 0) is 9.59 Å². The largest absolute Gasteiger partial charge is 0.326 e. The van der Waals surface area contributed by atoms with Crippen LogP contribution in [0.25, 0.3) is 0 Å². The number of rotatable bonds is 5. The van der Waals surface area contributed by atoms with Crippen molar-refractivity contribution in [1.29, 1.82) is 0 Å². The number of benzene rings is 1. The van der Waals surface area contributed by atoms with Gasteiger partial charge in [-0.3, -0.25) is 14.3 Å². The van der Waals surface area contributed by atoms with Crippen LogP contribution in [0.4, 0.5) is 11.4 Å². The molecule has 2 amide bonds. The molecule has 0 spiro atoms. The Morgan fingerprint density at radius 3 is 2.33 bits per heavy atom. The third-order valence-electron chi connectivity index (χ3n) is 2.95. The van der Waals surface area contributed by atoms with Crippen LogP contribution in [0.3, 0.4) is 0 Å². The first kappa shape index (κ1) is 14.8. The summed E-state index contributed by atoms with van der Waals surface area (Å²) < 4.78 is 1.75. The molecule has 1 aromatic carbocycles. The quantitative estimate of drug-likeness (QED) is 0.886. The van der Waals surface area contributed by atoms with Gasteiger partial charge in [0.25, 0.3) is 0 Å². The van der Waals surface area contributed by atoms with Gasteiger partial charge in [-0.1, -0.05) is 0 Å². The summed E-state index contributed by atoms with van der Waals surface area (Å²) in [4.78, 5) is 22.9. The molecule has 0 aliphatic rings. The van der Waals surface area contributed by atoms with Crippen molar-refractivity contribution >= 4 is 23.2 Å². The molecule has 0 saturated heterocycles. The number of aromatic nitrogens is 2. The average Bonchev–Trinajstić information content (AvgIpc) is 2.94. The van der Waals surface area contributed by atoms with Gasteiger partial charge >= 0.3 is 0 Å². The van der Waals surface area contributed by atoms with Gasteiger partial charge < -0.3 is 10.6 Å². The molecule has 21 heavy (non-hydrogen) atoms. The van der Waals surface area contributed by atoms with Gasteiger partial charge in [0.05, 0.1) is 6.04 Å². The molecule has 0 aliphatic carbocycles. The van der Waals surface area contributed by atoms with Crippen LogP contribution in [0, 0.1) is 0 Å². The highest BCUT2D eigenvalue weighted by Crippen LogP contribution is 2.15. The summed E-state index contributed by atoms with van der Waals surface area (Å²) in [5.41, 5.74) is 1.40.